The number of sulfonamides is 1. The number of fused-ring (bicyclic) bond motifs is 1. The summed E-state index contributed by atoms with van der Waals surface area (Å²) in [6, 6.07) is 7.01. The van der Waals surface area contributed by atoms with E-state index in [4.69, 9.17) is 5.73 Å². The Kier molecular flexibility index (Phi) is 2.86. The van der Waals surface area contributed by atoms with Crippen molar-refractivity contribution in [1.82, 2.24) is 4.98 Å². The molecule has 0 bridgehead atoms. The van der Waals surface area contributed by atoms with Crippen molar-refractivity contribution < 1.29 is 12.8 Å². The van der Waals surface area contributed by atoms with E-state index in [1.54, 1.807) is 6.07 Å². The van der Waals surface area contributed by atoms with E-state index in [-0.39, 0.29) is 10.7 Å². The minimum Gasteiger partial charge on any atom is -0.384 e. The highest BCUT2D eigenvalue weighted by Crippen LogP contribution is 2.33. The lowest BCUT2D eigenvalue weighted by Gasteiger charge is -2.19. The van der Waals surface area contributed by atoms with Crippen LogP contribution in [0.5, 0.6) is 0 Å². The number of hydrogen-bond donors (Lipinski definition) is 1. The Morgan fingerprint density at radius 1 is 1.25 bits per heavy atom. The van der Waals surface area contributed by atoms with Crippen LogP contribution in [0.3, 0.4) is 0 Å². The van der Waals surface area contributed by atoms with Crippen LogP contribution in [0.1, 0.15) is 5.56 Å². The average molecular weight is 293 g/mol. The van der Waals surface area contributed by atoms with Crippen molar-refractivity contribution in [2.45, 2.75) is 11.3 Å². The number of nitrogens with zero attached hydrogens (tertiary/aromatic N) is 2. The fraction of sp³-hybridized carbons (Fsp3) is 0.154. The average Bonchev–Trinajstić information content (AvgIpc) is 2.82. The Balaban J connectivity index is 2.07. The molecule has 1 aromatic carbocycles. The number of benzene rings is 1. The summed E-state index contributed by atoms with van der Waals surface area (Å²) in [6.45, 7) is 0.297. The fourth-order valence-electron chi connectivity index (χ4n) is 2.24. The molecule has 0 fully saturated rings. The van der Waals surface area contributed by atoms with E-state index in [1.165, 1.54) is 34.8 Å². The lowest BCUT2D eigenvalue weighted by molar-refractivity contribution is 0.591. The molecule has 2 aromatic rings. The maximum absolute atomic E-state index is 13.3. The molecule has 0 saturated carbocycles. The summed E-state index contributed by atoms with van der Waals surface area (Å²) >= 11 is 0. The van der Waals surface area contributed by atoms with Crippen molar-refractivity contribution in [3.63, 3.8) is 0 Å². The second-order valence-electron chi connectivity index (χ2n) is 4.52. The van der Waals surface area contributed by atoms with Crippen LogP contribution in [0.4, 0.5) is 15.9 Å². The first kappa shape index (κ1) is 12.9. The number of rotatable bonds is 2. The van der Waals surface area contributed by atoms with Gasteiger partial charge in [-0.15, -0.1) is 0 Å². The molecule has 2 N–H and O–H groups in total. The van der Waals surface area contributed by atoms with Gasteiger partial charge in [-0.3, -0.25) is 4.31 Å². The van der Waals surface area contributed by atoms with Gasteiger partial charge in [-0.25, -0.2) is 17.8 Å². The van der Waals surface area contributed by atoms with Gasteiger partial charge in [0.25, 0.3) is 10.0 Å². The first-order valence-corrected chi connectivity index (χ1v) is 7.45. The van der Waals surface area contributed by atoms with E-state index >= 15 is 0 Å². The molecule has 0 saturated heterocycles. The van der Waals surface area contributed by atoms with E-state index in [0.29, 0.717) is 18.7 Å². The number of nitrogen functional groups attached to an aromatic ring is 1. The highest BCUT2D eigenvalue weighted by molar-refractivity contribution is 7.92. The van der Waals surface area contributed by atoms with Gasteiger partial charge in [-0.2, -0.15) is 0 Å². The zero-order valence-electron chi connectivity index (χ0n) is 10.5. The zero-order chi connectivity index (χ0) is 14.3. The topological polar surface area (TPSA) is 76.3 Å². The minimum absolute atomic E-state index is 0.0452. The lowest BCUT2D eigenvalue weighted by atomic mass is 10.2. The summed E-state index contributed by atoms with van der Waals surface area (Å²) in [7, 11) is -3.74. The maximum Gasteiger partial charge on any atom is 0.265 e. The Labute approximate surface area is 115 Å². The van der Waals surface area contributed by atoms with Crippen LogP contribution in [0.25, 0.3) is 0 Å². The normalized spacial score (nSPS) is 14.3. The molecule has 3 rings (SSSR count). The van der Waals surface area contributed by atoms with Crippen LogP contribution in [0.15, 0.2) is 41.4 Å². The summed E-state index contributed by atoms with van der Waals surface area (Å²) in [4.78, 5) is 3.83. The Bertz CT molecular complexity index is 760. The molecule has 1 aliphatic heterocycles. The number of pyridine rings is 1. The highest BCUT2D eigenvalue weighted by atomic mass is 32.2. The molecule has 2 heterocycles. The van der Waals surface area contributed by atoms with Crippen LogP contribution in [-0.4, -0.2) is 19.9 Å². The molecule has 7 heteroatoms. The molecule has 1 aliphatic rings. The van der Waals surface area contributed by atoms with Gasteiger partial charge in [0.15, 0.2) is 0 Å². The summed E-state index contributed by atoms with van der Waals surface area (Å²) in [5.74, 6) is -0.210. The number of aromatic nitrogens is 1. The third kappa shape index (κ3) is 2.00. The van der Waals surface area contributed by atoms with E-state index < -0.39 is 15.8 Å². The van der Waals surface area contributed by atoms with Gasteiger partial charge in [-0.1, -0.05) is 6.07 Å². The van der Waals surface area contributed by atoms with E-state index in [1.807, 2.05) is 0 Å². The van der Waals surface area contributed by atoms with Gasteiger partial charge in [0.2, 0.25) is 0 Å². The summed E-state index contributed by atoms with van der Waals surface area (Å²) in [6.07, 6.45) is 1.78. The van der Waals surface area contributed by atoms with Crippen LogP contribution >= 0.6 is 0 Å². The van der Waals surface area contributed by atoms with Crippen LogP contribution in [0.2, 0.25) is 0 Å². The molecule has 0 radical (unpaired) electrons. The molecule has 0 aliphatic carbocycles. The molecule has 0 amide bonds. The van der Waals surface area contributed by atoms with Gasteiger partial charge < -0.3 is 5.73 Å². The molecule has 0 atom stereocenters. The molecule has 5 nitrogen and oxygen atoms in total. The third-order valence-corrected chi connectivity index (χ3v) is 5.04. The van der Waals surface area contributed by atoms with Gasteiger partial charge in [0, 0.05) is 12.7 Å². The van der Waals surface area contributed by atoms with Gasteiger partial charge >= 0.3 is 0 Å². The molecule has 104 valence electrons. The smallest absolute Gasteiger partial charge is 0.265 e. The number of anilines is 2. The van der Waals surface area contributed by atoms with Crippen molar-refractivity contribution in [2.75, 3.05) is 16.6 Å². The van der Waals surface area contributed by atoms with Crippen molar-refractivity contribution in [1.29, 1.82) is 0 Å². The molecule has 0 unspecified atom stereocenters. The lowest BCUT2D eigenvalue weighted by Crippen LogP contribution is -2.29. The first-order valence-electron chi connectivity index (χ1n) is 6.01. The van der Waals surface area contributed by atoms with Crippen LogP contribution in [-0.2, 0) is 16.4 Å². The van der Waals surface area contributed by atoms with Gasteiger partial charge in [-0.05, 0) is 36.2 Å². The Morgan fingerprint density at radius 2 is 2.05 bits per heavy atom. The highest BCUT2D eigenvalue weighted by Gasteiger charge is 2.31. The van der Waals surface area contributed by atoms with E-state index in [2.05, 4.69) is 4.98 Å². The molecule has 0 spiro atoms. The van der Waals surface area contributed by atoms with Gasteiger partial charge in [0.1, 0.15) is 16.5 Å². The maximum atomic E-state index is 13.3. The van der Waals surface area contributed by atoms with Crippen LogP contribution < -0.4 is 10.0 Å². The molecular weight excluding hydrogens is 281 g/mol. The molecule has 1 aromatic heterocycles. The van der Waals surface area contributed by atoms with Crippen molar-refractivity contribution in [3.05, 3.63) is 47.9 Å². The second kappa shape index (κ2) is 4.45. The zero-order valence-corrected chi connectivity index (χ0v) is 11.3. The quantitative estimate of drug-likeness (QED) is 0.911. The molecule has 20 heavy (non-hydrogen) atoms. The van der Waals surface area contributed by atoms with E-state index in [0.717, 1.165) is 5.56 Å². The van der Waals surface area contributed by atoms with Gasteiger partial charge in [0.05, 0.1) is 5.69 Å². The largest absolute Gasteiger partial charge is 0.384 e. The molecular formula is C13H12FN3O2S. The third-order valence-electron chi connectivity index (χ3n) is 3.25. The first-order chi connectivity index (χ1) is 9.48. The summed E-state index contributed by atoms with van der Waals surface area (Å²) < 4.78 is 39.6. The number of hydrogen-bond acceptors (Lipinski definition) is 4. The predicted molar refractivity (Wildman–Crippen MR) is 73.3 cm³/mol. The SMILES string of the molecule is Nc1ccc(S(=O)(=O)N2CCc3ccc(F)cc32)cn1. The Hall–Kier alpha value is -2.15. The Morgan fingerprint density at radius 3 is 2.75 bits per heavy atom. The number of halogens is 1. The minimum atomic E-state index is -3.74. The standard InChI is InChI=1S/C13H12FN3O2S/c14-10-2-1-9-5-6-17(12(9)7-10)20(18,19)11-3-4-13(15)16-8-11/h1-4,7-8H,5-6H2,(H2,15,16). The van der Waals surface area contributed by atoms with Crippen molar-refractivity contribution in [3.8, 4) is 0 Å². The number of nitrogens with two attached hydrogens (primary N) is 1. The summed E-state index contributed by atoms with van der Waals surface area (Å²) in [5, 5.41) is 0. The second-order valence-corrected chi connectivity index (χ2v) is 6.38. The fourth-order valence-corrected chi connectivity index (χ4v) is 3.69. The summed E-state index contributed by atoms with van der Waals surface area (Å²) in [5.41, 5.74) is 6.66. The predicted octanol–water partition coefficient (Wildman–Crippen LogP) is 1.55. The van der Waals surface area contributed by atoms with E-state index in [9.17, 15) is 12.8 Å². The monoisotopic (exact) mass is 293 g/mol. The van der Waals surface area contributed by atoms with Crippen LogP contribution in [0, 0.1) is 5.82 Å². The van der Waals surface area contributed by atoms with Crippen molar-refractivity contribution >= 4 is 21.5 Å². The van der Waals surface area contributed by atoms with Crippen molar-refractivity contribution in [2.24, 2.45) is 0 Å².